The lowest BCUT2D eigenvalue weighted by Crippen LogP contribution is -2.22. The maximum atomic E-state index is 12.3. The van der Waals surface area contributed by atoms with Crippen LogP contribution in [0, 0.1) is 10.1 Å². The maximum Gasteiger partial charge on any atom is 0.271 e. The van der Waals surface area contributed by atoms with Crippen molar-refractivity contribution in [3.8, 4) is 11.5 Å². The number of ether oxygens (including phenoxy) is 2. The van der Waals surface area contributed by atoms with E-state index in [9.17, 15) is 14.9 Å². The normalized spacial score (nSPS) is 11.5. The van der Waals surface area contributed by atoms with Crippen molar-refractivity contribution in [3.05, 3.63) is 52.6 Å². The molecule has 1 N–H and O–H groups in total. The number of thioether (sulfide) groups is 1. The molecule has 8 heteroatoms. The first kappa shape index (κ1) is 18.6. The topological polar surface area (TPSA) is 90.7 Å². The molecule has 1 atom stereocenters. The van der Waals surface area contributed by atoms with E-state index in [1.165, 1.54) is 30.0 Å². The van der Waals surface area contributed by atoms with Crippen LogP contribution >= 0.6 is 11.8 Å². The van der Waals surface area contributed by atoms with Crippen LogP contribution in [-0.4, -0.2) is 30.3 Å². The molecule has 132 valence electrons. The number of anilines is 1. The van der Waals surface area contributed by atoms with Crippen molar-refractivity contribution in [1.29, 1.82) is 0 Å². The molecule has 0 aliphatic carbocycles. The molecule has 0 saturated heterocycles. The maximum absolute atomic E-state index is 12.3. The number of hydrogen-bond donors (Lipinski definition) is 1. The van der Waals surface area contributed by atoms with Gasteiger partial charge in [0.2, 0.25) is 5.91 Å². The Morgan fingerprint density at radius 3 is 2.52 bits per heavy atom. The molecule has 0 unspecified atom stereocenters. The van der Waals surface area contributed by atoms with E-state index in [2.05, 4.69) is 5.32 Å². The minimum absolute atomic E-state index is 0.0713. The molecule has 0 fully saturated rings. The van der Waals surface area contributed by atoms with Crippen molar-refractivity contribution < 1.29 is 19.2 Å². The number of nitro groups is 1. The fourth-order valence-electron chi connectivity index (χ4n) is 2.09. The van der Waals surface area contributed by atoms with Gasteiger partial charge in [-0.15, -0.1) is 11.8 Å². The summed E-state index contributed by atoms with van der Waals surface area (Å²) in [7, 11) is 3.10. The van der Waals surface area contributed by atoms with Gasteiger partial charge in [-0.2, -0.15) is 0 Å². The van der Waals surface area contributed by atoms with Gasteiger partial charge in [0.05, 0.1) is 24.4 Å². The summed E-state index contributed by atoms with van der Waals surface area (Å²) >= 11 is 1.35. The van der Waals surface area contributed by atoms with Crippen LogP contribution in [0.5, 0.6) is 11.5 Å². The first-order valence-corrected chi connectivity index (χ1v) is 8.26. The van der Waals surface area contributed by atoms with Gasteiger partial charge in [0.1, 0.15) is 0 Å². The molecule has 2 aromatic carbocycles. The molecule has 2 rings (SSSR count). The highest BCUT2D eigenvalue weighted by Gasteiger charge is 2.17. The lowest BCUT2D eigenvalue weighted by atomic mass is 10.2. The number of amides is 1. The van der Waals surface area contributed by atoms with E-state index >= 15 is 0 Å². The van der Waals surface area contributed by atoms with E-state index in [4.69, 9.17) is 9.47 Å². The predicted octanol–water partition coefficient (Wildman–Crippen LogP) is 3.73. The summed E-state index contributed by atoms with van der Waals surface area (Å²) in [6.07, 6.45) is 0. The van der Waals surface area contributed by atoms with Gasteiger partial charge in [0, 0.05) is 22.7 Å². The Hall–Kier alpha value is -2.74. The zero-order valence-electron chi connectivity index (χ0n) is 14.0. The number of non-ortho nitro benzene ring substituents is 1. The Bertz CT molecular complexity index is 781. The number of nitrogens with one attached hydrogen (secondary N) is 1. The van der Waals surface area contributed by atoms with Gasteiger partial charge in [-0.05, 0) is 31.2 Å². The first-order valence-electron chi connectivity index (χ1n) is 7.38. The number of hydrogen-bond acceptors (Lipinski definition) is 6. The second kappa shape index (κ2) is 8.39. The van der Waals surface area contributed by atoms with Gasteiger partial charge in [0.15, 0.2) is 11.5 Å². The third-order valence-electron chi connectivity index (χ3n) is 3.36. The Labute approximate surface area is 149 Å². The van der Waals surface area contributed by atoms with Gasteiger partial charge in [-0.25, -0.2) is 0 Å². The number of nitrogens with zero attached hydrogens (tertiary/aromatic N) is 1. The number of rotatable bonds is 7. The average molecular weight is 362 g/mol. The van der Waals surface area contributed by atoms with Gasteiger partial charge in [0.25, 0.3) is 5.69 Å². The molecule has 7 nitrogen and oxygen atoms in total. The molecule has 0 heterocycles. The molecule has 0 aromatic heterocycles. The van der Waals surface area contributed by atoms with Crippen molar-refractivity contribution >= 4 is 29.0 Å². The van der Waals surface area contributed by atoms with Crippen LogP contribution in [0.2, 0.25) is 0 Å². The van der Waals surface area contributed by atoms with Crippen molar-refractivity contribution in [2.45, 2.75) is 17.1 Å². The van der Waals surface area contributed by atoms with E-state index < -0.39 is 10.2 Å². The van der Waals surface area contributed by atoms with E-state index in [1.807, 2.05) is 6.07 Å². The van der Waals surface area contributed by atoms with Crippen LogP contribution < -0.4 is 14.8 Å². The summed E-state index contributed by atoms with van der Waals surface area (Å²) in [5.74, 6) is 0.944. The Morgan fingerprint density at radius 1 is 1.16 bits per heavy atom. The van der Waals surface area contributed by atoms with Crippen molar-refractivity contribution in [1.82, 2.24) is 0 Å². The summed E-state index contributed by atoms with van der Waals surface area (Å²) in [5, 5.41) is 13.1. The monoisotopic (exact) mass is 362 g/mol. The summed E-state index contributed by atoms with van der Waals surface area (Å²) in [6.45, 7) is 1.76. The first-order chi connectivity index (χ1) is 11.9. The molecule has 0 saturated carbocycles. The van der Waals surface area contributed by atoms with Crippen LogP contribution in [-0.2, 0) is 4.79 Å². The average Bonchev–Trinajstić information content (AvgIpc) is 2.61. The van der Waals surface area contributed by atoms with E-state index in [0.717, 1.165) is 4.90 Å². The second-order valence-corrected chi connectivity index (χ2v) is 6.49. The molecular formula is C17H18N2O5S. The minimum atomic E-state index is -0.503. The van der Waals surface area contributed by atoms with Crippen molar-refractivity contribution in [3.63, 3.8) is 0 Å². The molecule has 1 amide bonds. The van der Waals surface area contributed by atoms with Crippen LogP contribution in [0.4, 0.5) is 11.4 Å². The summed E-state index contributed by atoms with van der Waals surface area (Å²) in [5.41, 5.74) is 0.317. The molecule has 2 aromatic rings. The predicted molar refractivity (Wildman–Crippen MR) is 96.6 cm³/mol. The molecule has 25 heavy (non-hydrogen) atoms. The zero-order valence-corrected chi connectivity index (χ0v) is 14.8. The molecule has 0 spiro atoms. The standard InChI is InChI=1S/C17H18N2O5S/c1-11(25-14-7-8-15(23-2)16(10-14)24-3)17(20)18-12-5-4-6-13(9-12)19(21)22/h4-11H,1-3H3,(H,18,20)/t11-/m0/s1. The van der Waals surface area contributed by atoms with E-state index in [-0.39, 0.29) is 11.6 Å². The smallest absolute Gasteiger partial charge is 0.271 e. The van der Waals surface area contributed by atoms with Crippen LogP contribution in [0.3, 0.4) is 0 Å². The Balaban J connectivity index is 2.05. The van der Waals surface area contributed by atoms with E-state index in [0.29, 0.717) is 17.2 Å². The lowest BCUT2D eigenvalue weighted by Gasteiger charge is -2.14. The third-order valence-corrected chi connectivity index (χ3v) is 4.46. The van der Waals surface area contributed by atoms with Crippen LogP contribution in [0.15, 0.2) is 47.4 Å². The summed E-state index contributed by atoms with van der Waals surface area (Å²) in [6, 6.07) is 11.2. The van der Waals surface area contributed by atoms with Gasteiger partial charge >= 0.3 is 0 Å². The van der Waals surface area contributed by atoms with Crippen molar-refractivity contribution in [2.24, 2.45) is 0 Å². The second-order valence-electron chi connectivity index (χ2n) is 5.07. The van der Waals surface area contributed by atoms with Gasteiger partial charge < -0.3 is 14.8 Å². The number of nitro benzene ring substituents is 1. The molecule has 0 aliphatic rings. The van der Waals surface area contributed by atoms with Crippen molar-refractivity contribution in [2.75, 3.05) is 19.5 Å². The number of carbonyl (C=O) groups is 1. The molecule has 0 bridgehead atoms. The number of benzene rings is 2. The van der Waals surface area contributed by atoms with Gasteiger partial charge in [-0.3, -0.25) is 14.9 Å². The minimum Gasteiger partial charge on any atom is -0.493 e. The largest absolute Gasteiger partial charge is 0.493 e. The summed E-state index contributed by atoms with van der Waals surface area (Å²) < 4.78 is 10.4. The Kier molecular flexibility index (Phi) is 6.24. The highest BCUT2D eigenvalue weighted by Crippen LogP contribution is 2.33. The highest BCUT2D eigenvalue weighted by atomic mass is 32.2. The van der Waals surface area contributed by atoms with Crippen LogP contribution in [0.25, 0.3) is 0 Å². The third kappa shape index (κ3) is 4.87. The highest BCUT2D eigenvalue weighted by molar-refractivity contribution is 8.00. The SMILES string of the molecule is COc1ccc(S[C@@H](C)C(=O)Nc2cccc([N+](=O)[O-])c2)cc1OC. The number of methoxy groups -OCH3 is 2. The molecule has 0 aliphatic heterocycles. The quantitative estimate of drug-likeness (QED) is 0.458. The summed E-state index contributed by atoms with van der Waals surface area (Å²) in [4.78, 5) is 23.5. The van der Waals surface area contributed by atoms with Crippen LogP contribution in [0.1, 0.15) is 6.92 Å². The lowest BCUT2D eigenvalue weighted by molar-refractivity contribution is -0.384. The van der Waals surface area contributed by atoms with Gasteiger partial charge in [-0.1, -0.05) is 6.07 Å². The van der Waals surface area contributed by atoms with E-state index in [1.54, 1.807) is 39.3 Å². The molecule has 0 radical (unpaired) electrons. The molecular weight excluding hydrogens is 344 g/mol. The fraction of sp³-hybridized carbons (Fsp3) is 0.235. The fourth-order valence-corrected chi connectivity index (χ4v) is 2.98. The number of carbonyl (C=O) groups excluding carboxylic acids is 1. The Morgan fingerprint density at radius 2 is 1.88 bits per heavy atom. The zero-order chi connectivity index (χ0) is 18.4.